The van der Waals surface area contributed by atoms with Gasteiger partial charge in [-0.05, 0) is 49.9 Å². The molecule has 2 atom stereocenters. The Morgan fingerprint density at radius 3 is 3.22 bits per heavy atom. The van der Waals surface area contributed by atoms with Gasteiger partial charge in [0.15, 0.2) is 0 Å². The second-order valence-electron chi connectivity index (χ2n) is 4.79. The molecule has 0 spiro atoms. The van der Waals surface area contributed by atoms with Gasteiger partial charge in [0.05, 0.1) is 0 Å². The number of nitrogens with one attached hydrogen (secondary N) is 1. The quantitative estimate of drug-likeness (QED) is 0.847. The standard InChI is InChI=1S/C14H20N2OS/c1-3-13(17)15-10-11-6-4-8-16(2)14(11)12-7-5-9-18-12/h3,5,7,9,11,14H,1,4,6,8,10H2,2H3,(H,15,17)/t11-,14+/m0/s1. The molecule has 0 radical (unpaired) electrons. The average Bonchev–Trinajstić information content (AvgIpc) is 2.89. The number of carbonyl (C=O) groups is 1. The van der Waals surface area contributed by atoms with Crippen molar-refractivity contribution in [2.24, 2.45) is 5.92 Å². The molecular formula is C14H20N2OS. The molecule has 1 aliphatic heterocycles. The normalized spacial score (nSPS) is 24.7. The van der Waals surface area contributed by atoms with Crippen LogP contribution in [0.4, 0.5) is 0 Å². The molecule has 3 nitrogen and oxygen atoms in total. The molecule has 1 aromatic heterocycles. The number of thiophene rings is 1. The molecule has 0 aromatic carbocycles. The molecule has 0 aliphatic carbocycles. The number of carbonyl (C=O) groups excluding carboxylic acids is 1. The fraction of sp³-hybridized carbons (Fsp3) is 0.500. The molecule has 1 fully saturated rings. The Labute approximate surface area is 112 Å². The summed E-state index contributed by atoms with van der Waals surface area (Å²) in [6.45, 7) is 5.36. The lowest BCUT2D eigenvalue weighted by Crippen LogP contribution is -2.41. The van der Waals surface area contributed by atoms with E-state index >= 15 is 0 Å². The second-order valence-corrected chi connectivity index (χ2v) is 5.77. The van der Waals surface area contributed by atoms with Crippen molar-refractivity contribution in [3.8, 4) is 0 Å². The molecule has 0 saturated carbocycles. The van der Waals surface area contributed by atoms with Crippen molar-refractivity contribution in [3.05, 3.63) is 35.0 Å². The van der Waals surface area contributed by atoms with E-state index in [9.17, 15) is 4.79 Å². The van der Waals surface area contributed by atoms with Gasteiger partial charge in [-0.2, -0.15) is 0 Å². The first-order valence-electron chi connectivity index (χ1n) is 6.36. The van der Waals surface area contributed by atoms with E-state index in [-0.39, 0.29) is 5.91 Å². The highest BCUT2D eigenvalue weighted by Crippen LogP contribution is 2.36. The Balaban J connectivity index is 2.06. The first-order valence-corrected chi connectivity index (χ1v) is 7.24. The van der Waals surface area contributed by atoms with Crippen molar-refractivity contribution >= 4 is 17.2 Å². The predicted molar refractivity (Wildman–Crippen MR) is 75.6 cm³/mol. The number of hydrogen-bond donors (Lipinski definition) is 1. The Morgan fingerprint density at radius 1 is 1.72 bits per heavy atom. The third-order valence-corrected chi connectivity index (χ3v) is 4.51. The van der Waals surface area contributed by atoms with Crippen LogP contribution < -0.4 is 5.32 Å². The molecule has 1 saturated heterocycles. The number of nitrogens with zero attached hydrogens (tertiary/aromatic N) is 1. The Hall–Kier alpha value is -1.13. The lowest BCUT2D eigenvalue weighted by Gasteiger charge is -2.38. The van der Waals surface area contributed by atoms with Crippen molar-refractivity contribution in [2.75, 3.05) is 20.1 Å². The zero-order valence-electron chi connectivity index (χ0n) is 10.8. The zero-order chi connectivity index (χ0) is 13.0. The fourth-order valence-corrected chi connectivity index (χ4v) is 3.67. The summed E-state index contributed by atoms with van der Waals surface area (Å²) in [6.07, 6.45) is 3.71. The van der Waals surface area contributed by atoms with E-state index in [2.05, 4.69) is 41.4 Å². The number of hydrogen-bond acceptors (Lipinski definition) is 3. The van der Waals surface area contributed by atoms with Gasteiger partial charge in [-0.15, -0.1) is 11.3 Å². The molecule has 98 valence electrons. The Bertz CT molecular complexity index is 402. The average molecular weight is 264 g/mol. The van der Waals surface area contributed by atoms with Crippen LogP contribution in [0.2, 0.25) is 0 Å². The van der Waals surface area contributed by atoms with Gasteiger partial charge in [-0.1, -0.05) is 12.6 Å². The summed E-state index contributed by atoms with van der Waals surface area (Å²) in [4.78, 5) is 15.1. The van der Waals surface area contributed by atoms with Gasteiger partial charge in [-0.3, -0.25) is 9.69 Å². The van der Waals surface area contributed by atoms with E-state index in [4.69, 9.17) is 0 Å². The van der Waals surface area contributed by atoms with Crippen LogP contribution in [0.15, 0.2) is 30.2 Å². The molecule has 1 aromatic rings. The van der Waals surface area contributed by atoms with Gasteiger partial charge in [0.1, 0.15) is 0 Å². The Morgan fingerprint density at radius 2 is 2.56 bits per heavy atom. The summed E-state index contributed by atoms with van der Waals surface area (Å²) in [7, 11) is 2.17. The maximum absolute atomic E-state index is 11.3. The second kappa shape index (κ2) is 6.16. The largest absolute Gasteiger partial charge is 0.352 e. The molecule has 1 N–H and O–H groups in total. The van der Waals surface area contributed by atoms with Crippen LogP contribution in [-0.4, -0.2) is 30.9 Å². The molecule has 2 heterocycles. The van der Waals surface area contributed by atoms with Crippen molar-refractivity contribution in [2.45, 2.75) is 18.9 Å². The highest BCUT2D eigenvalue weighted by atomic mass is 32.1. The lowest BCUT2D eigenvalue weighted by atomic mass is 9.88. The number of amides is 1. The summed E-state index contributed by atoms with van der Waals surface area (Å²) in [5.41, 5.74) is 0. The van der Waals surface area contributed by atoms with Crippen LogP contribution in [0.5, 0.6) is 0 Å². The summed E-state index contributed by atoms with van der Waals surface area (Å²) in [5.74, 6) is 0.416. The van der Waals surface area contributed by atoms with Crippen LogP contribution in [0, 0.1) is 5.92 Å². The van der Waals surface area contributed by atoms with Crippen molar-refractivity contribution in [1.82, 2.24) is 10.2 Å². The number of rotatable bonds is 4. The van der Waals surface area contributed by atoms with E-state index in [0.29, 0.717) is 12.0 Å². The molecular weight excluding hydrogens is 244 g/mol. The minimum absolute atomic E-state index is 0.0758. The maximum Gasteiger partial charge on any atom is 0.243 e. The van der Waals surface area contributed by atoms with Gasteiger partial charge < -0.3 is 5.32 Å². The predicted octanol–water partition coefficient (Wildman–Crippen LogP) is 2.43. The van der Waals surface area contributed by atoms with E-state index in [1.807, 2.05) is 0 Å². The van der Waals surface area contributed by atoms with Gasteiger partial charge in [-0.25, -0.2) is 0 Å². The zero-order valence-corrected chi connectivity index (χ0v) is 11.6. The van der Waals surface area contributed by atoms with E-state index in [1.54, 1.807) is 11.3 Å². The highest BCUT2D eigenvalue weighted by molar-refractivity contribution is 7.10. The summed E-state index contributed by atoms with van der Waals surface area (Å²) >= 11 is 1.80. The maximum atomic E-state index is 11.3. The van der Waals surface area contributed by atoms with Crippen LogP contribution in [0.1, 0.15) is 23.8 Å². The van der Waals surface area contributed by atoms with Gasteiger partial charge >= 0.3 is 0 Å². The van der Waals surface area contributed by atoms with E-state index in [0.717, 1.165) is 13.1 Å². The van der Waals surface area contributed by atoms with Crippen LogP contribution in [0.3, 0.4) is 0 Å². The minimum Gasteiger partial charge on any atom is -0.352 e. The van der Waals surface area contributed by atoms with Gasteiger partial charge in [0.25, 0.3) is 0 Å². The molecule has 0 bridgehead atoms. The van der Waals surface area contributed by atoms with Crippen molar-refractivity contribution in [3.63, 3.8) is 0 Å². The first kappa shape index (κ1) is 13.3. The molecule has 1 amide bonds. The van der Waals surface area contributed by atoms with Crippen LogP contribution in [0.25, 0.3) is 0 Å². The lowest BCUT2D eigenvalue weighted by molar-refractivity contribution is -0.116. The summed E-state index contributed by atoms with van der Waals surface area (Å²) in [5, 5.41) is 5.06. The monoisotopic (exact) mass is 264 g/mol. The molecule has 0 unspecified atom stereocenters. The summed E-state index contributed by atoms with van der Waals surface area (Å²) < 4.78 is 0. The fourth-order valence-electron chi connectivity index (χ4n) is 2.69. The van der Waals surface area contributed by atoms with E-state index in [1.165, 1.54) is 23.8 Å². The van der Waals surface area contributed by atoms with Crippen molar-refractivity contribution in [1.29, 1.82) is 0 Å². The molecule has 1 aliphatic rings. The number of likely N-dealkylation sites (tertiary alicyclic amines) is 1. The van der Waals surface area contributed by atoms with Gasteiger partial charge in [0, 0.05) is 17.5 Å². The molecule has 18 heavy (non-hydrogen) atoms. The SMILES string of the molecule is C=CC(=O)NC[C@@H]1CCCN(C)[C@H]1c1cccs1. The minimum atomic E-state index is -0.0758. The van der Waals surface area contributed by atoms with Crippen LogP contribution in [-0.2, 0) is 4.79 Å². The molecule has 4 heteroatoms. The third-order valence-electron chi connectivity index (χ3n) is 3.57. The molecule has 2 rings (SSSR count). The van der Waals surface area contributed by atoms with Crippen molar-refractivity contribution < 1.29 is 4.79 Å². The van der Waals surface area contributed by atoms with Gasteiger partial charge in [0.2, 0.25) is 5.91 Å². The number of piperidine rings is 1. The smallest absolute Gasteiger partial charge is 0.243 e. The highest BCUT2D eigenvalue weighted by Gasteiger charge is 2.31. The van der Waals surface area contributed by atoms with E-state index < -0.39 is 0 Å². The Kier molecular flexibility index (Phi) is 4.55. The first-order chi connectivity index (χ1) is 8.72. The summed E-state index contributed by atoms with van der Waals surface area (Å²) in [6, 6.07) is 4.73. The van der Waals surface area contributed by atoms with Crippen LogP contribution >= 0.6 is 11.3 Å². The third kappa shape index (κ3) is 3.00. The topological polar surface area (TPSA) is 32.3 Å².